The Bertz CT molecular complexity index is 992. The minimum Gasteiger partial charge on any atom is -0.349 e. The summed E-state index contributed by atoms with van der Waals surface area (Å²) in [7, 11) is 1.97. The van der Waals surface area contributed by atoms with Crippen LogP contribution in [0.2, 0.25) is 0 Å². The molecule has 3 rings (SSSR count). The number of hydrogen-bond acceptors (Lipinski definition) is 4. The largest absolute Gasteiger partial charge is 0.349 e. The molecule has 6 heteroatoms. The molecule has 1 aromatic carbocycles. The summed E-state index contributed by atoms with van der Waals surface area (Å²) >= 11 is 0. The van der Waals surface area contributed by atoms with E-state index in [0.29, 0.717) is 12.4 Å². The molecule has 5 nitrogen and oxygen atoms in total. The molecule has 2 heterocycles. The predicted octanol–water partition coefficient (Wildman–Crippen LogP) is 4.85. The van der Waals surface area contributed by atoms with E-state index < -0.39 is 0 Å². The molecule has 0 aliphatic carbocycles. The zero-order valence-corrected chi connectivity index (χ0v) is 18.4. The van der Waals surface area contributed by atoms with Gasteiger partial charge in [-0.3, -0.25) is 4.79 Å². The Balaban J connectivity index is 1.77. The van der Waals surface area contributed by atoms with E-state index in [1.807, 2.05) is 43.1 Å². The first-order valence-electron chi connectivity index (χ1n) is 10.6. The van der Waals surface area contributed by atoms with Crippen molar-refractivity contribution in [3.8, 4) is 0 Å². The third-order valence-electron chi connectivity index (χ3n) is 5.84. The van der Waals surface area contributed by atoms with Gasteiger partial charge >= 0.3 is 0 Å². The summed E-state index contributed by atoms with van der Waals surface area (Å²) in [6.07, 6.45) is 6.97. The number of amides is 1. The van der Waals surface area contributed by atoms with Crippen molar-refractivity contribution in [1.29, 1.82) is 0 Å². The van der Waals surface area contributed by atoms with Gasteiger partial charge in [-0.15, -0.1) is 0 Å². The number of pyridine rings is 1. The van der Waals surface area contributed by atoms with Crippen molar-refractivity contribution >= 4 is 28.2 Å². The van der Waals surface area contributed by atoms with Gasteiger partial charge in [-0.05, 0) is 62.0 Å². The van der Waals surface area contributed by atoms with E-state index in [1.165, 1.54) is 0 Å². The average Bonchev–Trinajstić information content (AvgIpc) is 2.77. The number of alkyl halides is 1. The van der Waals surface area contributed by atoms with E-state index >= 15 is 0 Å². The molecule has 0 spiro atoms. The number of likely N-dealkylation sites (tertiary alicyclic amines) is 1. The molecule has 0 atom stereocenters. The second-order valence-corrected chi connectivity index (χ2v) is 8.01. The fourth-order valence-corrected chi connectivity index (χ4v) is 3.85. The zero-order valence-electron chi connectivity index (χ0n) is 18.4. The van der Waals surface area contributed by atoms with Gasteiger partial charge < -0.3 is 15.1 Å². The van der Waals surface area contributed by atoms with Crippen LogP contribution < -0.4 is 5.32 Å². The van der Waals surface area contributed by atoms with Crippen molar-refractivity contribution in [3.63, 3.8) is 0 Å². The molecule has 1 aliphatic heterocycles. The Morgan fingerprint density at radius 1 is 1.32 bits per heavy atom. The lowest BCUT2D eigenvalue weighted by Gasteiger charge is -2.30. The van der Waals surface area contributed by atoms with Crippen LogP contribution in [0.25, 0.3) is 16.5 Å². The highest BCUT2D eigenvalue weighted by molar-refractivity contribution is 5.94. The minimum absolute atomic E-state index is 0.0165. The summed E-state index contributed by atoms with van der Waals surface area (Å²) in [5.74, 6) is 0.464. The van der Waals surface area contributed by atoms with Crippen molar-refractivity contribution in [2.75, 3.05) is 38.7 Å². The number of rotatable bonds is 8. The van der Waals surface area contributed by atoms with Gasteiger partial charge in [0.15, 0.2) is 0 Å². The lowest BCUT2D eigenvalue weighted by molar-refractivity contribution is -0.121. The lowest BCUT2D eigenvalue weighted by atomic mass is 9.96. The normalized spacial score (nSPS) is 15.6. The summed E-state index contributed by atoms with van der Waals surface area (Å²) in [6.45, 7) is 11.4. The maximum Gasteiger partial charge on any atom is 0.228 e. The van der Waals surface area contributed by atoms with Crippen LogP contribution in [0.4, 0.5) is 10.2 Å². The maximum absolute atomic E-state index is 12.7. The van der Waals surface area contributed by atoms with E-state index in [1.54, 1.807) is 12.3 Å². The number of benzene rings is 1. The number of nitrogens with one attached hydrogen (secondary N) is 1. The van der Waals surface area contributed by atoms with Crippen LogP contribution in [0.15, 0.2) is 61.5 Å². The first-order chi connectivity index (χ1) is 14.9. The van der Waals surface area contributed by atoms with Gasteiger partial charge in [0.2, 0.25) is 5.91 Å². The molecule has 2 aromatic rings. The number of fused-ring (bicyclic) bond motifs is 1. The number of aromatic nitrogens is 1. The summed E-state index contributed by atoms with van der Waals surface area (Å²) < 4.78 is 12.5. The second-order valence-electron chi connectivity index (χ2n) is 8.01. The summed E-state index contributed by atoms with van der Waals surface area (Å²) in [6, 6.07) is 8.05. The number of nitrogens with zero attached hydrogens (tertiary/aromatic N) is 3. The highest BCUT2D eigenvalue weighted by Crippen LogP contribution is 2.27. The van der Waals surface area contributed by atoms with Crippen LogP contribution in [0.3, 0.4) is 0 Å². The topological polar surface area (TPSA) is 48.5 Å². The molecule has 1 saturated heterocycles. The molecule has 1 N–H and O–H groups in total. The van der Waals surface area contributed by atoms with Gasteiger partial charge in [0.05, 0.1) is 0 Å². The van der Waals surface area contributed by atoms with Gasteiger partial charge in [0.1, 0.15) is 12.5 Å². The van der Waals surface area contributed by atoms with Gasteiger partial charge in [-0.25, -0.2) is 9.37 Å². The monoisotopic (exact) mass is 422 g/mol. The van der Waals surface area contributed by atoms with Crippen LogP contribution in [0.1, 0.15) is 25.3 Å². The first kappa shape index (κ1) is 22.7. The van der Waals surface area contributed by atoms with Gasteiger partial charge in [0.25, 0.3) is 0 Å². The Hall–Kier alpha value is -2.99. The fourth-order valence-electron chi connectivity index (χ4n) is 3.85. The van der Waals surface area contributed by atoms with Gasteiger partial charge in [0, 0.05) is 42.5 Å². The number of halogens is 1. The molecule has 0 radical (unpaired) electrons. The third-order valence-corrected chi connectivity index (χ3v) is 5.84. The van der Waals surface area contributed by atoms with Crippen LogP contribution in [0.5, 0.6) is 0 Å². The molecule has 0 bridgehead atoms. The highest BCUT2D eigenvalue weighted by Gasteiger charge is 2.25. The molecule has 164 valence electrons. The molecule has 1 aliphatic rings. The Kier molecular flexibility index (Phi) is 7.58. The molecule has 0 unspecified atom stereocenters. The van der Waals surface area contributed by atoms with Crippen molar-refractivity contribution in [1.82, 2.24) is 14.8 Å². The van der Waals surface area contributed by atoms with Crippen molar-refractivity contribution in [2.24, 2.45) is 5.92 Å². The molecule has 1 amide bonds. The number of anilines is 1. The lowest BCUT2D eigenvalue weighted by Crippen LogP contribution is -2.39. The maximum atomic E-state index is 12.7. The molecule has 1 aromatic heterocycles. The standard InChI is InChI=1S/C25H31FN4O/c1-5-6-23(29(4)18(2)3)20-7-8-21-17-27-24(16-22(21)15-20)28-25(31)19-9-12-30(13-10-19)14-11-26/h5-8,15-17,19H,1-2,9-14H2,3-4H3,(H,27,28,31)/b23-6-. The van der Waals surface area contributed by atoms with E-state index in [2.05, 4.69) is 34.4 Å². The molecule has 31 heavy (non-hydrogen) atoms. The summed E-state index contributed by atoms with van der Waals surface area (Å²) in [5.41, 5.74) is 2.95. The summed E-state index contributed by atoms with van der Waals surface area (Å²) in [4.78, 5) is 21.2. The molecule has 1 fully saturated rings. The number of hydrogen-bond donors (Lipinski definition) is 1. The second kappa shape index (κ2) is 10.4. The van der Waals surface area contributed by atoms with Crippen LogP contribution in [0, 0.1) is 5.92 Å². The van der Waals surface area contributed by atoms with Crippen LogP contribution in [-0.2, 0) is 4.79 Å². The smallest absolute Gasteiger partial charge is 0.228 e. The number of allylic oxidation sites excluding steroid dienone is 3. The minimum atomic E-state index is -0.342. The van der Waals surface area contributed by atoms with E-state index in [0.717, 1.165) is 53.7 Å². The summed E-state index contributed by atoms with van der Waals surface area (Å²) in [5, 5.41) is 4.96. The number of piperidine rings is 1. The van der Waals surface area contributed by atoms with E-state index in [4.69, 9.17) is 0 Å². The SMILES string of the molecule is C=C/C=C(/c1ccc2cnc(NC(=O)C3CCN(CCF)CC3)cc2c1)N(C)C(=C)C. The molecule has 0 saturated carbocycles. The highest BCUT2D eigenvalue weighted by atomic mass is 19.1. The Morgan fingerprint density at radius 2 is 2.06 bits per heavy atom. The fraction of sp³-hybridized carbons (Fsp3) is 0.360. The van der Waals surface area contributed by atoms with Crippen LogP contribution >= 0.6 is 0 Å². The quantitative estimate of drug-likeness (QED) is 0.618. The Labute approximate surface area is 183 Å². The zero-order chi connectivity index (χ0) is 22.4. The first-order valence-corrected chi connectivity index (χ1v) is 10.6. The molecular formula is C25H31FN4O. The average molecular weight is 423 g/mol. The number of carbonyl (C=O) groups is 1. The van der Waals surface area contributed by atoms with Gasteiger partial charge in [-0.1, -0.05) is 31.4 Å². The van der Waals surface area contributed by atoms with E-state index in [-0.39, 0.29) is 18.5 Å². The Morgan fingerprint density at radius 3 is 2.71 bits per heavy atom. The molecular weight excluding hydrogens is 391 g/mol. The van der Waals surface area contributed by atoms with Crippen LogP contribution in [-0.4, -0.2) is 54.0 Å². The third kappa shape index (κ3) is 5.58. The van der Waals surface area contributed by atoms with Crippen molar-refractivity contribution in [3.05, 3.63) is 67.0 Å². The van der Waals surface area contributed by atoms with E-state index in [9.17, 15) is 9.18 Å². The predicted molar refractivity (Wildman–Crippen MR) is 126 cm³/mol. The number of carbonyl (C=O) groups excluding carboxylic acids is 1. The van der Waals surface area contributed by atoms with Gasteiger partial charge in [-0.2, -0.15) is 0 Å². The van der Waals surface area contributed by atoms with Crippen molar-refractivity contribution < 1.29 is 9.18 Å². The van der Waals surface area contributed by atoms with Crippen molar-refractivity contribution in [2.45, 2.75) is 19.8 Å².